The molecule has 1 aliphatic rings. The summed E-state index contributed by atoms with van der Waals surface area (Å²) < 4.78 is 10.4. The van der Waals surface area contributed by atoms with Crippen LogP contribution in [-0.2, 0) is 11.3 Å². The number of carbonyl (C=O) groups excluding carboxylic acids is 1. The fourth-order valence-corrected chi connectivity index (χ4v) is 1.60. The van der Waals surface area contributed by atoms with Gasteiger partial charge in [-0.25, -0.2) is 4.79 Å². The Labute approximate surface area is 99.2 Å². The number of ether oxygens (including phenoxy) is 2. The predicted molar refractivity (Wildman–Crippen MR) is 60.8 cm³/mol. The van der Waals surface area contributed by atoms with E-state index >= 15 is 0 Å². The van der Waals surface area contributed by atoms with Gasteiger partial charge in [0.25, 0.3) is 0 Å². The first kappa shape index (κ1) is 11.3. The number of cyclic esters (lactones) is 1. The molecule has 1 aliphatic heterocycles. The summed E-state index contributed by atoms with van der Waals surface area (Å²) in [5.74, 6) is 2.24. The fraction of sp³-hybridized carbons (Fsp3) is 0.308. The van der Waals surface area contributed by atoms with Crippen LogP contribution in [0.5, 0.6) is 11.5 Å². The van der Waals surface area contributed by atoms with Crippen molar-refractivity contribution >= 4 is 5.97 Å². The normalized spacial score (nSPS) is 13.8. The van der Waals surface area contributed by atoms with Crippen LogP contribution in [0.1, 0.15) is 29.8 Å². The second kappa shape index (κ2) is 3.70. The molecule has 0 unspecified atom stereocenters. The van der Waals surface area contributed by atoms with E-state index in [4.69, 9.17) is 15.9 Å². The van der Waals surface area contributed by atoms with Crippen LogP contribution in [0.25, 0.3) is 0 Å². The summed E-state index contributed by atoms with van der Waals surface area (Å²) >= 11 is 0. The van der Waals surface area contributed by atoms with Crippen LogP contribution in [0, 0.1) is 12.3 Å². The lowest BCUT2D eigenvalue weighted by Crippen LogP contribution is -2.25. The standard InChI is InChI=1S/C13H12O4/c1-4-13(2,3)17-9-5-8-7-16-12(15)11(8)10(14)6-9/h1,5-6,14H,7H2,2-3H3. The average Bonchev–Trinajstić information content (AvgIpc) is 2.60. The molecule has 0 aromatic heterocycles. The highest BCUT2D eigenvalue weighted by atomic mass is 16.5. The third kappa shape index (κ3) is 2.04. The molecule has 1 aromatic rings. The zero-order chi connectivity index (χ0) is 12.6. The number of phenols is 1. The molecule has 0 aliphatic carbocycles. The molecule has 0 radical (unpaired) electrons. The Morgan fingerprint density at radius 1 is 1.53 bits per heavy atom. The number of fused-ring (bicyclic) bond motifs is 1. The minimum absolute atomic E-state index is 0.146. The van der Waals surface area contributed by atoms with Crippen LogP contribution in [-0.4, -0.2) is 16.7 Å². The number of rotatable bonds is 2. The van der Waals surface area contributed by atoms with Crippen LogP contribution >= 0.6 is 0 Å². The second-order valence-electron chi connectivity index (χ2n) is 4.31. The Balaban J connectivity index is 2.38. The molecule has 88 valence electrons. The first-order valence-corrected chi connectivity index (χ1v) is 5.13. The molecule has 0 saturated carbocycles. The molecule has 17 heavy (non-hydrogen) atoms. The van der Waals surface area contributed by atoms with Crippen LogP contribution in [0.3, 0.4) is 0 Å². The van der Waals surface area contributed by atoms with Gasteiger partial charge in [0.1, 0.15) is 23.7 Å². The molecule has 0 saturated heterocycles. The highest BCUT2D eigenvalue weighted by Crippen LogP contribution is 2.34. The van der Waals surface area contributed by atoms with Crippen LogP contribution in [0.4, 0.5) is 0 Å². The maximum atomic E-state index is 11.3. The van der Waals surface area contributed by atoms with Crippen LogP contribution in [0.15, 0.2) is 12.1 Å². The minimum Gasteiger partial charge on any atom is -0.507 e. The van der Waals surface area contributed by atoms with Crippen molar-refractivity contribution in [2.24, 2.45) is 0 Å². The smallest absolute Gasteiger partial charge is 0.342 e. The maximum absolute atomic E-state index is 11.3. The Morgan fingerprint density at radius 2 is 2.24 bits per heavy atom. The fourth-order valence-electron chi connectivity index (χ4n) is 1.60. The van der Waals surface area contributed by atoms with Crippen molar-refractivity contribution in [3.63, 3.8) is 0 Å². The Hall–Kier alpha value is -2.15. The lowest BCUT2D eigenvalue weighted by Gasteiger charge is -2.20. The van der Waals surface area contributed by atoms with Gasteiger partial charge in [-0.2, -0.15) is 0 Å². The van der Waals surface area contributed by atoms with Crippen LogP contribution < -0.4 is 4.74 Å². The van der Waals surface area contributed by atoms with Gasteiger partial charge >= 0.3 is 5.97 Å². The first-order valence-electron chi connectivity index (χ1n) is 5.13. The summed E-state index contributed by atoms with van der Waals surface area (Å²) in [7, 11) is 0. The van der Waals surface area contributed by atoms with Crippen molar-refractivity contribution in [1.82, 2.24) is 0 Å². The summed E-state index contributed by atoms with van der Waals surface area (Å²) in [5.41, 5.74) is 0.0399. The third-order valence-electron chi connectivity index (χ3n) is 2.46. The molecule has 0 fully saturated rings. The van der Waals surface area contributed by atoms with Gasteiger partial charge in [0, 0.05) is 11.6 Å². The minimum atomic E-state index is -0.774. The molecule has 0 amide bonds. The summed E-state index contributed by atoms with van der Waals surface area (Å²) in [5, 5.41) is 9.72. The van der Waals surface area contributed by atoms with Crippen molar-refractivity contribution in [2.75, 3.05) is 0 Å². The van der Waals surface area contributed by atoms with Gasteiger partial charge in [-0.3, -0.25) is 0 Å². The van der Waals surface area contributed by atoms with Crippen molar-refractivity contribution < 1.29 is 19.4 Å². The Morgan fingerprint density at radius 3 is 2.88 bits per heavy atom. The molecule has 4 nitrogen and oxygen atoms in total. The topological polar surface area (TPSA) is 55.8 Å². The zero-order valence-electron chi connectivity index (χ0n) is 9.61. The van der Waals surface area contributed by atoms with E-state index in [1.807, 2.05) is 0 Å². The lowest BCUT2D eigenvalue weighted by atomic mass is 10.1. The molecule has 0 bridgehead atoms. The van der Waals surface area contributed by atoms with Crippen LogP contribution in [0.2, 0.25) is 0 Å². The molecule has 1 N–H and O–H groups in total. The van der Waals surface area contributed by atoms with Gasteiger partial charge in [0.05, 0.1) is 0 Å². The quantitative estimate of drug-likeness (QED) is 0.624. The largest absolute Gasteiger partial charge is 0.507 e. The van der Waals surface area contributed by atoms with Crippen molar-refractivity contribution in [3.8, 4) is 23.8 Å². The second-order valence-corrected chi connectivity index (χ2v) is 4.31. The van der Waals surface area contributed by atoms with E-state index < -0.39 is 11.6 Å². The number of esters is 1. The molecule has 1 heterocycles. The van der Waals surface area contributed by atoms with E-state index in [1.54, 1.807) is 19.9 Å². The number of hydrogen-bond donors (Lipinski definition) is 1. The molecule has 0 spiro atoms. The number of aromatic hydroxyl groups is 1. The lowest BCUT2D eigenvalue weighted by molar-refractivity contribution is 0.0533. The van der Waals surface area contributed by atoms with Gasteiger partial charge in [-0.15, -0.1) is 6.42 Å². The SMILES string of the molecule is C#CC(C)(C)Oc1cc(O)c2c(c1)COC2=O. The third-order valence-corrected chi connectivity index (χ3v) is 2.46. The highest BCUT2D eigenvalue weighted by molar-refractivity contribution is 5.96. The number of terminal acetylenes is 1. The van der Waals surface area contributed by atoms with E-state index in [9.17, 15) is 9.90 Å². The van der Waals surface area contributed by atoms with E-state index in [-0.39, 0.29) is 17.9 Å². The van der Waals surface area contributed by atoms with E-state index in [1.165, 1.54) is 6.07 Å². The number of benzene rings is 1. The maximum Gasteiger partial charge on any atom is 0.342 e. The Bertz CT molecular complexity index is 523. The molecular weight excluding hydrogens is 220 g/mol. The summed E-state index contributed by atoms with van der Waals surface area (Å²) in [6.07, 6.45) is 5.31. The highest BCUT2D eigenvalue weighted by Gasteiger charge is 2.27. The monoisotopic (exact) mass is 232 g/mol. The summed E-state index contributed by atoms with van der Waals surface area (Å²) in [6.45, 7) is 3.62. The number of hydrogen-bond acceptors (Lipinski definition) is 4. The predicted octanol–water partition coefficient (Wildman–Crippen LogP) is 1.85. The van der Waals surface area contributed by atoms with E-state index in [0.717, 1.165) is 0 Å². The van der Waals surface area contributed by atoms with Gasteiger partial charge in [-0.05, 0) is 19.9 Å². The summed E-state index contributed by atoms with van der Waals surface area (Å²) in [4.78, 5) is 11.3. The van der Waals surface area contributed by atoms with E-state index in [2.05, 4.69) is 5.92 Å². The molecule has 1 aromatic carbocycles. The molecule has 4 heteroatoms. The Kier molecular flexibility index (Phi) is 2.47. The molecule has 2 rings (SSSR count). The average molecular weight is 232 g/mol. The summed E-state index contributed by atoms with van der Waals surface area (Å²) in [6, 6.07) is 3.02. The van der Waals surface area contributed by atoms with Crippen molar-refractivity contribution in [3.05, 3.63) is 23.3 Å². The van der Waals surface area contributed by atoms with Gasteiger partial charge in [-0.1, -0.05) is 5.92 Å². The van der Waals surface area contributed by atoms with Gasteiger partial charge < -0.3 is 14.6 Å². The van der Waals surface area contributed by atoms with E-state index in [0.29, 0.717) is 11.3 Å². The number of carbonyl (C=O) groups is 1. The molecular formula is C13H12O4. The number of phenolic OH excluding ortho intramolecular Hbond substituents is 1. The first-order chi connectivity index (χ1) is 7.93. The van der Waals surface area contributed by atoms with Crippen molar-refractivity contribution in [1.29, 1.82) is 0 Å². The molecule has 0 atom stereocenters. The van der Waals surface area contributed by atoms with Gasteiger partial charge in [0.2, 0.25) is 0 Å². The van der Waals surface area contributed by atoms with Gasteiger partial charge in [0.15, 0.2) is 5.60 Å². The van der Waals surface area contributed by atoms with Crippen molar-refractivity contribution in [2.45, 2.75) is 26.1 Å². The zero-order valence-corrected chi connectivity index (χ0v) is 9.61.